The zero-order valence-electron chi connectivity index (χ0n) is 8.54. The SMILES string of the molecule is O=C(O)c1cccc(C(=O)Nc2ncc[nH]2)n1. The summed E-state index contributed by atoms with van der Waals surface area (Å²) in [7, 11) is 0. The van der Waals surface area contributed by atoms with Crippen LogP contribution in [0.15, 0.2) is 30.6 Å². The molecule has 0 fully saturated rings. The maximum Gasteiger partial charge on any atom is 0.354 e. The minimum atomic E-state index is -1.18. The van der Waals surface area contributed by atoms with Gasteiger partial charge >= 0.3 is 5.97 Å². The molecule has 0 bridgehead atoms. The van der Waals surface area contributed by atoms with Crippen LogP contribution < -0.4 is 5.32 Å². The average Bonchev–Trinajstić information content (AvgIpc) is 2.82. The summed E-state index contributed by atoms with van der Waals surface area (Å²) < 4.78 is 0. The lowest BCUT2D eigenvalue weighted by Gasteiger charge is -2.01. The van der Waals surface area contributed by atoms with Gasteiger partial charge in [0.2, 0.25) is 5.95 Å². The van der Waals surface area contributed by atoms with E-state index in [1.807, 2.05) is 0 Å². The highest BCUT2D eigenvalue weighted by Crippen LogP contribution is 2.03. The molecular formula is C10H8N4O3. The zero-order valence-corrected chi connectivity index (χ0v) is 8.54. The molecular weight excluding hydrogens is 224 g/mol. The summed E-state index contributed by atoms with van der Waals surface area (Å²) in [5.41, 5.74) is -0.168. The number of pyridine rings is 1. The highest BCUT2D eigenvalue weighted by atomic mass is 16.4. The van der Waals surface area contributed by atoms with Gasteiger partial charge in [0, 0.05) is 12.4 Å². The van der Waals surface area contributed by atoms with Crippen LogP contribution in [0.2, 0.25) is 0 Å². The number of hydrogen-bond acceptors (Lipinski definition) is 4. The molecule has 86 valence electrons. The number of rotatable bonds is 3. The van der Waals surface area contributed by atoms with Crippen molar-refractivity contribution in [2.75, 3.05) is 5.32 Å². The van der Waals surface area contributed by atoms with E-state index in [9.17, 15) is 9.59 Å². The van der Waals surface area contributed by atoms with Crippen molar-refractivity contribution in [1.82, 2.24) is 15.0 Å². The van der Waals surface area contributed by atoms with Gasteiger partial charge in [0.15, 0.2) is 0 Å². The Kier molecular flexibility index (Phi) is 2.82. The number of nitrogens with one attached hydrogen (secondary N) is 2. The van der Waals surface area contributed by atoms with Crippen molar-refractivity contribution in [3.05, 3.63) is 42.0 Å². The fourth-order valence-electron chi connectivity index (χ4n) is 1.19. The first-order valence-electron chi connectivity index (χ1n) is 4.68. The largest absolute Gasteiger partial charge is 0.477 e. The Labute approximate surface area is 95.5 Å². The lowest BCUT2D eigenvalue weighted by atomic mass is 10.3. The van der Waals surface area contributed by atoms with Gasteiger partial charge in [-0.05, 0) is 12.1 Å². The molecule has 0 atom stereocenters. The molecule has 2 heterocycles. The number of aromatic carboxylic acids is 1. The van der Waals surface area contributed by atoms with Crippen LogP contribution in [-0.2, 0) is 0 Å². The minimum absolute atomic E-state index is 0.0151. The first-order valence-corrected chi connectivity index (χ1v) is 4.68. The van der Waals surface area contributed by atoms with Crippen LogP contribution in [-0.4, -0.2) is 31.9 Å². The molecule has 0 unspecified atom stereocenters. The van der Waals surface area contributed by atoms with Gasteiger partial charge in [-0.2, -0.15) is 0 Å². The molecule has 2 aromatic rings. The van der Waals surface area contributed by atoms with Crippen molar-refractivity contribution >= 4 is 17.8 Å². The summed E-state index contributed by atoms with van der Waals surface area (Å²) in [6.07, 6.45) is 3.04. The highest BCUT2D eigenvalue weighted by Gasteiger charge is 2.11. The molecule has 0 saturated carbocycles. The van der Waals surface area contributed by atoms with Gasteiger partial charge in [0.25, 0.3) is 5.91 Å². The van der Waals surface area contributed by atoms with Crippen molar-refractivity contribution in [3.8, 4) is 0 Å². The van der Waals surface area contributed by atoms with Crippen LogP contribution >= 0.6 is 0 Å². The zero-order chi connectivity index (χ0) is 12.3. The van der Waals surface area contributed by atoms with Crippen LogP contribution in [0.4, 0.5) is 5.95 Å². The molecule has 3 N–H and O–H groups in total. The monoisotopic (exact) mass is 232 g/mol. The number of nitrogens with zero attached hydrogens (tertiary/aromatic N) is 2. The predicted molar refractivity (Wildman–Crippen MR) is 57.7 cm³/mol. The summed E-state index contributed by atoms with van der Waals surface area (Å²) in [4.78, 5) is 32.5. The Morgan fingerprint density at radius 1 is 1.29 bits per heavy atom. The fraction of sp³-hybridized carbons (Fsp3) is 0. The molecule has 0 aliphatic rings. The number of carbonyl (C=O) groups is 2. The normalized spacial score (nSPS) is 9.88. The van der Waals surface area contributed by atoms with E-state index >= 15 is 0 Å². The molecule has 7 nitrogen and oxygen atoms in total. The number of anilines is 1. The molecule has 0 aliphatic heterocycles. The van der Waals surface area contributed by atoms with E-state index in [4.69, 9.17) is 5.11 Å². The lowest BCUT2D eigenvalue weighted by molar-refractivity contribution is 0.0690. The number of amides is 1. The number of H-pyrrole nitrogens is 1. The minimum Gasteiger partial charge on any atom is -0.477 e. The van der Waals surface area contributed by atoms with Crippen LogP contribution in [0.1, 0.15) is 21.0 Å². The van der Waals surface area contributed by atoms with Gasteiger partial charge in [-0.15, -0.1) is 0 Å². The van der Waals surface area contributed by atoms with Crippen LogP contribution in [0.3, 0.4) is 0 Å². The van der Waals surface area contributed by atoms with E-state index in [1.54, 1.807) is 6.20 Å². The van der Waals surface area contributed by atoms with Gasteiger partial charge in [-0.3, -0.25) is 10.1 Å². The third-order valence-corrected chi connectivity index (χ3v) is 1.93. The van der Waals surface area contributed by atoms with E-state index in [0.717, 1.165) is 0 Å². The standard InChI is InChI=1S/C10H8N4O3/c15-8(14-10-11-4-5-12-10)6-2-1-3-7(13-6)9(16)17/h1-5H,(H,16,17)(H2,11,12,14,15). The summed E-state index contributed by atoms with van der Waals surface area (Å²) in [6, 6.07) is 4.18. The Balaban J connectivity index is 2.19. The predicted octanol–water partition coefficient (Wildman–Crippen LogP) is 0.755. The second kappa shape index (κ2) is 4.44. The first-order chi connectivity index (χ1) is 8.16. The number of carboxylic acid groups (broad SMARTS) is 1. The quantitative estimate of drug-likeness (QED) is 0.723. The van der Waals surface area contributed by atoms with Gasteiger partial charge in [0.05, 0.1) is 0 Å². The van der Waals surface area contributed by atoms with E-state index < -0.39 is 11.9 Å². The van der Waals surface area contributed by atoms with Crippen molar-refractivity contribution in [3.63, 3.8) is 0 Å². The number of aromatic nitrogens is 3. The van der Waals surface area contributed by atoms with Crippen LogP contribution in [0.5, 0.6) is 0 Å². The van der Waals surface area contributed by atoms with E-state index in [1.165, 1.54) is 24.4 Å². The van der Waals surface area contributed by atoms with Crippen molar-refractivity contribution < 1.29 is 14.7 Å². The summed E-state index contributed by atoms with van der Waals surface area (Å²) >= 11 is 0. The number of carbonyl (C=O) groups excluding carboxylic acids is 1. The molecule has 0 aromatic carbocycles. The van der Waals surface area contributed by atoms with Gasteiger partial charge in [-0.1, -0.05) is 6.07 Å². The van der Waals surface area contributed by atoms with Crippen molar-refractivity contribution in [2.24, 2.45) is 0 Å². The second-order valence-corrected chi connectivity index (χ2v) is 3.11. The number of aromatic amines is 1. The molecule has 0 aliphatic carbocycles. The molecule has 0 saturated heterocycles. The Morgan fingerprint density at radius 2 is 2.06 bits per heavy atom. The molecule has 0 radical (unpaired) electrons. The van der Waals surface area contributed by atoms with Crippen molar-refractivity contribution in [1.29, 1.82) is 0 Å². The van der Waals surface area contributed by atoms with Crippen LogP contribution in [0.25, 0.3) is 0 Å². The molecule has 17 heavy (non-hydrogen) atoms. The van der Waals surface area contributed by atoms with Gasteiger partial charge < -0.3 is 10.1 Å². The molecule has 0 spiro atoms. The second-order valence-electron chi connectivity index (χ2n) is 3.11. The van der Waals surface area contributed by atoms with E-state index in [2.05, 4.69) is 20.3 Å². The van der Waals surface area contributed by atoms with Gasteiger partial charge in [0.1, 0.15) is 11.4 Å². The number of imidazole rings is 1. The average molecular weight is 232 g/mol. The first kappa shape index (κ1) is 10.8. The maximum atomic E-state index is 11.7. The molecule has 2 rings (SSSR count). The highest BCUT2D eigenvalue weighted by molar-refractivity contribution is 6.02. The van der Waals surface area contributed by atoms with E-state index in [-0.39, 0.29) is 17.3 Å². The Morgan fingerprint density at radius 3 is 2.71 bits per heavy atom. The third-order valence-electron chi connectivity index (χ3n) is 1.93. The molecule has 2 aromatic heterocycles. The third kappa shape index (κ3) is 2.46. The summed E-state index contributed by atoms with van der Waals surface area (Å²) in [5, 5.41) is 11.2. The van der Waals surface area contributed by atoms with Gasteiger partial charge in [-0.25, -0.2) is 14.8 Å². The maximum absolute atomic E-state index is 11.7. The lowest BCUT2D eigenvalue weighted by Crippen LogP contribution is -2.16. The summed E-state index contributed by atoms with van der Waals surface area (Å²) in [6.45, 7) is 0. The van der Waals surface area contributed by atoms with E-state index in [0.29, 0.717) is 0 Å². The van der Waals surface area contributed by atoms with Crippen molar-refractivity contribution in [2.45, 2.75) is 0 Å². The summed E-state index contributed by atoms with van der Waals surface area (Å²) in [5.74, 6) is -1.43. The Bertz CT molecular complexity index is 550. The molecule has 1 amide bonds. The molecule has 7 heteroatoms. The number of carboxylic acids is 1. The smallest absolute Gasteiger partial charge is 0.354 e. The topological polar surface area (TPSA) is 108 Å². The fourth-order valence-corrected chi connectivity index (χ4v) is 1.19. The van der Waals surface area contributed by atoms with Crippen LogP contribution in [0, 0.1) is 0 Å². The Hall–Kier alpha value is -2.70. The number of hydrogen-bond donors (Lipinski definition) is 3.